The molecule has 0 aromatic heterocycles. The Kier molecular flexibility index (Phi) is 10.8. The van der Waals surface area contributed by atoms with Crippen molar-refractivity contribution in [3.63, 3.8) is 0 Å². The maximum absolute atomic E-state index is 11.9. The smallest absolute Gasteiger partial charge is 0.339 e. The van der Waals surface area contributed by atoms with Gasteiger partial charge in [0.1, 0.15) is 22.8 Å². The Morgan fingerprint density at radius 3 is 2.26 bits per heavy atom. The normalized spacial score (nSPS) is 15.9. The Balaban J connectivity index is 1.12. The van der Waals surface area contributed by atoms with E-state index in [1.165, 1.54) is 43.5 Å². The zero-order chi connectivity index (χ0) is 31.7. The van der Waals surface area contributed by atoms with Crippen LogP contribution in [0.5, 0.6) is 17.2 Å². The van der Waals surface area contributed by atoms with E-state index in [-0.39, 0.29) is 5.56 Å². The topological polar surface area (TPSA) is 65.5 Å². The van der Waals surface area contributed by atoms with Gasteiger partial charge in [0.05, 0.1) is 6.61 Å². The van der Waals surface area contributed by atoms with Crippen molar-refractivity contribution < 1.29 is 19.4 Å². The summed E-state index contributed by atoms with van der Waals surface area (Å²) >= 11 is 6.21. The van der Waals surface area contributed by atoms with Gasteiger partial charge in [-0.25, -0.2) is 4.79 Å². The van der Waals surface area contributed by atoms with E-state index < -0.39 is 5.97 Å². The molecule has 2 saturated heterocycles. The van der Waals surface area contributed by atoms with Crippen LogP contribution in [0.1, 0.15) is 41.6 Å². The van der Waals surface area contributed by atoms with Gasteiger partial charge in [0.25, 0.3) is 0 Å². The molecule has 8 heteroatoms. The number of carboxylic acids is 1. The SMILES string of the molecule is O=C(O)c1ccc(N2CCN(Cc3cc(OCCCN4CCCCC4)ccc3-c3ccc(Cl)cc3)CC2)cc1Oc1ccccc1. The molecule has 240 valence electrons. The Labute approximate surface area is 276 Å². The van der Waals surface area contributed by atoms with E-state index in [0.29, 0.717) is 18.1 Å². The van der Waals surface area contributed by atoms with Gasteiger partial charge in [0, 0.05) is 56.0 Å². The lowest BCUT2D eigenvalue weighted by molar-refractivity contribution is 0.0694. The molecule has 0 unspecified atom stereocenters. The van der Waals surface area contributed by atoms with Crippen molar-refractivity contribution in [2.75, 3.05) is 57.3 Å². The molecule has 0 radical (unpaired) electrons. The highest BCUT2D eigenvalue weighted by atomic mass is 35.5. The van der Waals surface area contributed by atoms with Crippen LogP contribution >= 0.6 is 11.6 Å². The number of piperazine rings is 1. The fraction of sp³-hybridized carbons (Fsp3) is 0.342. The molecular weight excluding hydrogens is 598 g/mol. The number of carboxylic acid groups (broad SMARTS) is 1. The van der Waals surface area contributed by atoms with E-state index in [9.17, 15) is 9.90 Å². The van der Waals surface area contributed by atoms with Crippen LogP contribution in [0.2, 0.25) is 5.02 Å². The summed E-state index contributed by atoms with van der Waals surface area (Å²) in [6.07, 6.45) is 5.01. The molecule has 0 spiro atoms. The number of ether oxygens (including phenoxy) is 2. The second kappa shape index (κ2) is 15.5. The molecule has 0 atom stereocenters. The molecule has 0 saturated carbocycles. The number of hydrogen-bond acceptors (Lipinski definition) is 6. The van der Waals surface area contributed by atoms with Gasteiger partial charge >= 0.3 is 5.97 Å². The predicted octanol–water partition coefficient (Wildman–Crippen LogP) is 8.07. The number of nitrogens with zero attached hydrogens (tertiary/aromatic N) is 3. The first kappa shape index (κ1) is 31.9. The molecule has 0 bridgehead atoms. The van der Waals surface area contributed by atoms with Crippen LogP contribution in [0, 0.1) is 0 Å². The summed E-state index contributed by atoms with van der Waals surface area (Å²) in [7, 11) is 0. The third kappa shape index (κ3) is 8.40. The van der Waals surface area contributed by atoms with E-state index in [1.807, 2.05) is 54.6 Å². The van der Waals surface area contributed by atoms with Crippen LogP contribution < -0.4 is 14.4 Å². The first-order valence-electron chi connectivity index (χ1n) is 16.3. The standard InChI is InChI=1S/C38H42ClN3O4/c39-31-12-10-29(11-13-31)35-17-15-34(45-25-7-20-40-18-5-2-6-19-40)26-30(35)28-41-21-23-42(24-22-41)32-14-16-36(38(43)44)37(27-32)46-33-8-3-1-4-9-33/h1,3-4,8-17,26-27H,2,5-7,18-25,28H2,(H,43,44). The molecule has 4 aromatic rings. The van der Waals surface area contributed by atoms with Crippen molar-refractivity contribution in [3.8, 4) is 28.4 Å². The third-order valence-electron chi connectivity index (χ3n) is 8.87. The van der Waals surface area contributed by atoms with Crippen molar-refractivity contribution >= 4 is 23.3 Å². The molecule has 6 rings (SSSR count). The molecule has 2 aliphatic rings. The molecule has 7 nitrogen and oxygen atoms in total. The minimum atomic E-state index is -1.01. The summed E-state index contributed by atoms with van der Waals surface area (Å²) in [6.45, 7) is 8.42. The lowest BCUT2D eigenvalue weighted by Gasteiger charge is -2.36. The Morgan fingerprint density at radius 2 is 1.52 bits per heavy atom. The Morgan fingerprint density at radius 1 is 0.761 bits per heavy atom. The zero-order valence-electron chi connectivity index (χ0n) is 26.2. The minimum Gasteiger partial charge on any atom is -0.494 e. The molecular formula is C38H42ClN3O4. The van der Waals surface area contributed by atoms with E-state index in [4.69, 9.17) is 21.1 Å². The lowest BCUT2D eigenvalue weighted by atomic mass is 9.98. The van der Waals surface area contributed by atoms with Crippen molar-refractivity contribution in [1.29, 1.82) is 0 Å². The van der Waals surface area contributed by atoms with Crippen molar-refractivity contribution in [2.24, 2.45) is 0 Å². The molecule has 1 N–H and O–H groups in total. The highest BCUT2D eigenvalue weighted by molar-refractivity contribution is 6.30. The van der Waals surface area contributed by atoms with Crippen LogP contribution in [0.25, 0.3) is 11.1 Å². The van der Waals surface area contributed by atoms with Crippen molar-refractivity contribution in [3.05, 3.63) is 107 Å². The molecule has 0 aliphatic carbocycles. The van der Waals surface area contributed by atoms with Crippen LogP contribution in [0.4, 0.5) is 5.69 Å². The average Bonchev–Trinajstić information content (AvgIpc) is 3.08. The molecule has 0 amide bonds. The molecule has 46 heavy (non-hydrogen) atoms. The second-order valence-corrected chi connectivity index (χ2v) is 12.5. The average molecular weight is 640 g/mol. The monoisotopic (exact) mass is 639 g/mol. The van der Waals surface area contributed by atoms with Gasteiger partial charge in [-0.1, -0.05) is 54.4 Å². The van der Waals surface area contributed by atoms with E-state index in [1.54, 1.807) is 6.07 Å². The van der Waals surface area contributed by atoms with Gasteiger partial charge in [0.2, 0.25) is 0 Å². The van der Waals surface area contributed by atoms with Gasteiger partial charge in [-0.2, -0.15) is 0 Å². The molecule has 2 aliphatic heterocycles. The van der Waals surface area contributed by atoms with Gasteiger partial charge in [-0.3, -0.25) is 4.90 Å². The highest BCUT2D eigenvalue weighted by Crippen LogP contribution is 2.33. The van der Waals surface area contributed by atoms with E-state index >= 15 is 0 Å². The summed E-state index contributed by atoms with van der Waals surface area (Å²) in [4.78, 5) is 19.2. The number of anilines is 1. The summed E-state index contributed by atoms with van der Waals surface area (Å²) in [5.74, 6) is 0.858. The molecule has 2 heterocycles. The van der Waals surface area contributed by atoms with Crippen LogP contribution in [-0.2, 0) is 6.54 Å². The number of halogens is 1. The summed E-state index contributed by atoms with van der Waals surface area (Å²) in [6, 6.07) is 29.1. The summed E-state index contributed by atoms with van der Waals surface area (Å²) < 4.78 is 12.3. The number of likely N-dealkylation sites (tertiary alicyclic amines) is 1. The zero-order valence-corrected chi connectivity index (χ0v) is 27.0. The van der Waals surface area contributed by atoms with Gasteiger partial charge in [-0.15, -0.1) is 0 Å². The van der Waals surface area contributed by atoms with E-state index in [0.717, 1.165) is 67.7 Å². The predicted molar refractivity (Wildman–Crippen MR) is 185 cm³/mol. The van der Waals surface area contributed by atoms with Gasteiger partial charge in [0.15, 0.2) is 0 Å². The van der Waals surface area contributed by atoms with Crippen molar-refractivity contribution in [2.45, 2.75) is 32.2 Å². The van der Waals surface area contributed by atoms with Crippen LogP contribution in [0.3, 0.4) is 0 Å². The Bertz CT molecular complexity index is 1580. The number of rotatable bonds is 12. The number of piperidine rings is 1. The molecule has 2 fully saturated rings. The fourth-order valence-electron chi connectivity index (χ4n) is 6.35. The Hall–Kier alpha value is -4.04. The van der Waals surface area contributed by atoms with Crippen LogP contribution in [0.15, 0.2) is 91.0 Å². The maximum Gasteiger partial charge on any atom is 0.339 e. The van der Waals surface area contributed by atoms with Gasteiger partial charge < -0.3 is 24.4 Å². The first-order chi connectivity index (χ1) is 22.5. The number of hydrogen-bond donors (Lipinski definition) is 1. The van der Waals surface area contributed by atoms with Crippen molar-refractivity contribution in [1.82, 2.24) is 9.80 Å². The maximum atomic E-state index is 11.9. The number of benzene rings is 4. The summed E-state index contributed by atoms with van der Waals surface area (Å²) in [5, 5.41) is 10.5. The fourth-order valence-corrected chi connectivity index (χ4v) is 6.48. The second-order valence-electron chi connectivity index (χ2n) is 12.1. The van der Waals surface area contributed by atoms with Gasteiger partial charge in [-0.05, 0) is 97.6 Å². The highest BCUT2D eigenvalue weighted by Gasteiger charge is 2.22. The largest absolute Gasteiger partial charge is 0.494 e. The van der Waals surface area contributed by atoms with E-state index in [2.05, 4.69) is 45.0 Å². The van der Waals surface area contributed by atoms with Crippen LogP contribution in [-0.4, -0.2) is 73.3 Å². The molecule has 4 aromatic carbocycles. The summed E-state index contributed by atoms with van der Waals surface area (Å²) in [5.41, 5.74) is 4.66. The quantitative estimate of drug-likeness (QED) is 0.157. The number of para-hydroxylation sites is 1. The minimum absolute atomic E-state index is 0.148. The number of aromatic carboxylic acids is 1. The first-order valence-corrected chi connectivity index (χ1v) is 16.7. The third-order valence-corrected chi connectivity index (χ3v) is 9.12. The number of carbonyl (C=O) groups is 1. The lowest BCUT2D eigenvalue weighted by Crippen LogP contribution is -2.46.